The Morgan fingerprint density at radius 1 is 1.33 bits per heavy atom. The summed E-state index contributed by atoms with van der Waals surface area (Å²) in [6.07, 6.45) is 0. The number of aliphatic imine (C=N–C) groups is 1. The Kier molecular flexibility index (Phi) is 6.24. The number of nitrogens with zero attached hydrogens (tertiary/aromatic N) is 2. The van der Waals surface area contributed by atoms with Gasteiger partial charge in [0.05, 0.1) is 6.54 Å². The van der Waals surface area contributed by atoms with Gasteiger partial charge in [0.2, 0.25) is 0 Å². The van der Waals surface area contributed by atoms with E-state index in [9.17, 15) is 0 Å². The molecule has 2 aromatic rings. The number of aromatic nitrogens is 1. The van der Waals surface area contributed by atoms with E-state index >= 15 is 0 Å². The van der Waals surface area contributed by atoms with Crippen molar-refractivity contribution < 1.29 is 0 Å². The van der Waals surface area contributed by atoms with Gasteiger partial charge in [-0.2, -0.15) is 11.8 Å². The number of hydrogen-bond acceptors (Lipinski definition) is 2. The molecule has 21 heavy (non-hydrogen) atoms. The average Bonchev–Trinajstić information content (AvgIpc) is 2.87. The predicted molar refractivity (Wildman–Crippen MR) is 106 cm³/mol. The highest BCUT2D eigenvalue weighted by Gasteiger charge is 2.12. The van der Waals surface area contributed by atoms with Gasteiger partial charge in [-0.15, -0.1) is 24.0 Å². The van der Waals surface area contributed by atoms with Gasteiger partial charge in [-0.25, -0.2) is 4.99 Å². The zero-order chi connectivity index (χ0) is 13.9. The first kappa shape index (κ1) is 17.0. The van der Waals surface area contributed by atoms with E-state index in [1.165, 1.54) is 5.39 Å². The van der Waals surface area contributed by atoms with E-state index in [2.05, 4.69) is 49.0 Å². The van der Waals surface area contributed by atoms with Gasteiger partial charge in [-0.1, -0.05) is 15.9 Å². The number of halogens is 2. The van der Waals surface area contributed by atoms with Crippen LogP contribution in [0, 0.1) is 0 Å². The van der Waals surface area contributed by atoms with Gasteiger partial charge in [-0.3, -0.25) is 0 Å². The average molecular weight is 481 g/mol. The van der Waals surface area contributed by atoms with Crippen molar-refractivity contribution >= 4 is 68.5 Å². The molecule has 0 aliphatic carbocycles. The summed E-state index contributed by atoms with van der Waals surface area (Å²) >= 11 is 5.46. The van der Waals surface area contributed by atoms with Gasteiger partial charge in [0.25, 0.3) is 0 Å². The van der Waals surface area contributed by atoms with Crippen molar-refractivity contribution in [2.24, 2.45) is 10.7 Å². The third kappa shape index (κ3) is 4.29. The van der Waals surface area contributed by atoms with Crippen LogP contribution in [0.25, 0.3) is 10.9 Å². The second kappa shape index (κ2) is 7.73. The Balaban J connectivity index is 0.00000161. The molecule has 3 N–H and O–H groups in total. The minimum atomic E-state index is 0. The molecule has 0 amide bonds. The highest BCUT2D eigenvalue weighted by Crippen LogP contribution is 2.20. The molecule has 1 aliphatic heterocycles. The highest BCUT2D eigenvalue weighted by molar-refractivity contribution is 14.0. The number of nitrogens with one attached hydrogen (secondary N) is 1. The number of rotatable bonds is 2. The van der Waals surface area contributed by atoms with Crippen LogP contribution in [0.15, 0.2) is 33.7 Å². The van der Waals surface area contributed by atoms with Gasteiger partial charge in [-0.05, 0) is 24.3 Å². The summed E-state index contributed by atoms with van der Waals surface area (Å²) in [5, 5.41) is 1.19. The maximum atomic E-state index is 6.06. The summed E-state index contributed by atoms with van der Waals surface area (Å²) in [5.74, 6) is 2.93. The zero-order valence-corrected chi connectivity index (χ0v) is 16.2. The molecular weight excluding hydrogens is 463 g/mol. The maximum Gasteiger partial charge on any atom is 0.191 e. The molecule has 1 aromatic heterocycles. The molecule has 114 valence electrons. The lowest BCUT2D eigenvalue weighted by molar-refractivity contribution is 0.455. The molecular formula is C14H18BrIN4S. The first-order valence-electron chi connectivity index (χ1n) is 6.62. The molecule has 0 unspecified atom stereocenters. The largest absolute Gasteiger partial charge is 0.370 e. The van der Waals surface area contributed by atoms with Crippen molar-refractivity contribution in [2.75, 3.05) is 24.6 Å². The number of hydrogen-bond donors (Lipinski definition) is 2. The maximum absolute atomic E-state index is 6.06. The quantitative estimate of drug-likeness (QED) is 0.393. The molecule has 1 saturated heterocycles. The Hall–Kier alpha value is -0.410. The van der Waals surface area contributed by atoms with Crippen molar-refractivity contribution in [1.82, 2.24) is 9.88 Å². The molecule has 0 atom stereocenters. The number of thioether (sulfide) groups is 1. The second-order valence-electron chi connectivity index (χ2n) is 4.80. The molecule has 1 aromatic carbocycles. The van der Waals surface area contributed by atoms with Crippen molar-refractivity contribution in [3.63, 3.8) is 0 Å². The predicted octanol–water partition coefficient (Wildman–Crippen LogP) is 3.41. The molecule has 4 nitrogen and oxygen atoms in total. The minimum Gasteiger partial charge on any atom is -0.370 e. The van der Waals surface area contributed by atoms with Crippen LogP contribution in [0.3, 0.4) is 0 Å². The summed E-state index contributed by atoms with van der Waals surface area (Å²) in [5.41, 5.74) is 8.28. The van der Waals surface area contributed by atoms with Crippen LogP contribution in [-0.2, 0) is 6.54 Å². The fourth-order valence-electron chi connectivity index (χ4n) is 2.31. The Morgan fingerprint density at radius 3 is 2.86 bits per heavy atom. The number of H-pyrrole nitrogens is 1. The number of fused-ring (bicyclic) bond motifs is 1. The van der Waals surface area contributed by atoms with Gasteiger partial charge in [0, 0.05) is 45.7 Å². The molecule has 3 rings (SSSR count). The first-order chi connectivity index (χ1) is 9.72. The second-order valence-corrected chi connectivity index (χ2v) is 6.94. The lowest BCUT2D eigenvalue weighted by atomic mass is 10.2. The topological polar surface area (TPSA) is 57.4 Å². The van der Waals surface area contributed by atoms with E-state index in [0.717, 1.165) is 40.3 Å². The molecule has 0 bridgehead atoms. The van der Waals surface area contributed by atoms with E-state index in [4.69, 9.17) is 5.73 Å². The van der Waals surface area contributed by atoms with Crippen LogP contribution in [-0.4, -0.2) is 40.4 Å². The molecule has 1 fully saturated rings. The molecule has 0 spiro atoms. The SMILES string of the molecule is I.NC(=NCc1cc2cc(Br)ccc2[nH]1)N1CCSCC1. The fourth-order valence-corrected chi connectivity index (χ4v) is 3.59. The third-order valence-electron chi connectivity index (χ3n) is 3.39. The Morgan fingerprint density at radius 2 is 2.10 bits per heavy atom. The van der Waals surface area contributed by atoms with E-state index < -0.39 is 0 Å². The fraction of sp³-hybridized carbons (Fsp3) is 0.357. The van der Waals surface area contributed by atoms with Crippen molar-refractivity contribution in [1.29, 1.82) is 0 Å². The van der Waals surface area contributed by atoms with E-state index in [1.807, 2.05) is 17.8 Å². The Bertz CT molecular complexity index is 637. The number of benzene rings is 1. The Labute approximate surface area is 154 Å². The summed E-state index contributed by atoms with van der Waals surface area (Å²) < 4.78 is 1.09. The molecule has 0 radical (unpaired) electrons. The molecule has 0 saturated carbocycles. The zero-order valence-electron chi connectivity index (χ0n) is 11.5. The normalized spacial score (nSPS) is 16.0. The molecule has 1 aliphatic rings. The van der Waals surface area contributed by atoms with Crippen LogP contribution in [0.2, 0.25) is 0 Å². The first-order valence-corrected chi connectivity index (χ1v) is 8.57. The molecule has 7 heteroatoms. The van der Waals surface area contributed by atoms with Crippen LogP contribution in [0.1, 0.15) is 5.69 Å². The van der Waals surface area contributed by atoms with Crippen LogP contribution in [0.5, 0.6) is 0 Å². The van der Waals surface area contributed by atoms with Crippen LogP contribution >= 0.6 is 51.7 Å². The third-order valence-corrected chi connectivity index (χ3v) is 4.82. The lowest BCUT2D eigenvalue weighted by Gasteiger charge is -2.27. The van der Waals surface area contributed by atoms with E-state index in [-0.39, 0.29) is 24.0 Å². The minimum absolute atomic E-state index is 0. The number of nitrogens with two attached hydrogens (primary N) is 1. The molecule has 2 heterocycles. The number of guanidine groups is 1. The van der Waals surface area contributed by atoms with Crippen molar-refractivity contribution in [3.8, 4) is 0 Å². The smallest absolute Gasteiger partial charge is 0.191 e. The van der Waals surface area contributed by atoms with Gasteiger partial charge >= 0.3 is 0 Å². The summed E-state index contributed by atoms with van der Waals surface area (Å²) in [4.78, 5) is 10.0. The monoisotopic (exact) mass is 480 g/mol. The summed E-state index contributed by atoms with van der Waals surface area (Å²) in [6.45, 7) is 2.60. The van der Waals surface area contributed by atoms with E-state index in [1.54, 1.807) is 0 Å². The standard InChI is InChI=1S/C14H17BrN4S.HI/c15-11-1-2-13-10(7-11)8-12(18-13)9-17-14(16)19-3-5-20-6-4-19;/h1-2,7-8,18H,3-6,9H2,(H2,16,17);1H. The van der Waals surface area contributed by atoms with Gasteiger partial charge in [0.1, 0.15) is 0 Å². The van der Waals surface area contributed by atoms with Crippen LogP contribution in [0.4, 0.5) is 0 Å². The number of aromatic amines is 1. The van der Waals surface area contributed by atoms with Crippen LogP contribution < -0.4 is 5.73 Å². The summed E-state index contributed by atoms with van der Waals surface area (Å²) in [7, 11) is 0. The summed E-state index contributed by atoms with van der Waals surface area (Å²) in [6, 6.07) is 8.33. The van der Waals surface area contributed by atoms with Crippen molar-refractivity contribution in [3.05, 3.63) is 34.4 Å². The van der Waals surface area contributed by atoms with Crippen molar-refractivity contribution in [2.45, 2.75) is 6.54 Å². The van der Waals surface area contributed by atoms with E-state index in [0.29, 0.717) is 12.5 Å². The highest BCUT2D eigenvalue weighted by atomic mass is 127. The van der Waals surface area contributed by atoms with Gasteiger partial charge < -0.3 is 15.6 Å². The lowest BCUT2D eigenvalue weighted by Crippen LogP contribution is -2.42. The van der Waals surface area contributed by atoms with Gasteiger partial charge in [0.15, 0.2) is 5.96 Å².